The summed E-state index contributed by atoms with van der Waals surface area (Å²) in [5.41, 5.74) is 1.79. The Morgan fingerprint density at radius 2 is 1.68 bits per heavy atom. The third-order valence-corrected chi connectivity index (χ3v) is 5.56. The van der Waals surface area contributed by atoms with Crippen LogP contribution in [0, 0.1) is 5.92 Å². The topological polar surface area (TPSA) is 62.3 Å². The van der Waals surface area contributed by atoms with E-state index < -0.39 is 0 Å². The smallest absolute Gasteiger partial charge is 0.277 e. The Balaban J connectivity index is 1.85. The second-order valence-corrected chi connectivity index (χ2v) is 8.56. The molecule has 7 nitrogen and oxygen atoms in total. The van der Waals surface area contributed by atoms with Crippen molar-refractivity contribution in [1.82, 2.24) is 14.7 Å². The molecule has 2 amide bonds. The van der Waals surface area contributed by atoms with E-state index in [-0.39, 0.29) is 11.8 Å². The fourth-order valence-corrected chi connectivity index (χ4v) is 3.80. The molecule has 1 aromatic carbocycles. The molecule has 0 atom stereocenters. The van der Waals surface area contributed by atoms with E-state index >= 15 is 0 Å². The summed E-state index contributed by atoms with van der Waals surface area (Å²) in [6.07, 6.45) is 0.636. The number of nitrogens with zero attached hydrogens (tertiary/aromatic N) is 3. The second-order valence-electron chi connectivity index (χ2n) is 8.56. The number of benzene rings is 1. The van der Waals surface area contributed by atoms with E-state index in [9.17, 15) is 9.59 Å². The van der Waals surface area contributed by atoms with Gasteiger partial charge in [0.1, 0.15) is 11.4 Å². The Kier molecular flexibility index (Phi) is 8.09. The molecule has 0 N–H and O–H groups in total. The maximum absolute atomic E-state index is 13.3. The lowest BCUT2D eigenvalue weighted by Crippen LogP contribution is -2.46. The van der Waals surface area contributed by atoms with Crippen LogP contribution >= 0.6 is 0 Å². The molecule has 1 saturated heterocycles. The fourth-order valence-electron chi connectivity index (χ4n) is 3.80. The van der Waals surface area contributed by atoms with Crippen molar-refractivity contribution in [3.05, 3.63) is 35.5 Å². The first-order chi connectivity index (χ1) is 14.9. The zero-order valence-electron chi connectivity index (χ0n) is 19.2. The van der Waals surface area contributed by atoms with Crippen LogP contribution in [0.25, 0.3) is 5.57 Å². The van der Waals surface area contributed by atoms with Crippen molar-refractivity contribution in [3.63, 3.8) is 0 Å². The molecule has 0 unspecified atom stereocenters. The van der Waals surface area contributed by atoms with Crippen LogP contribution < -0.4 is 4.74 Å². The summed E-state index contributed by atoms with van der Waals surface area (Å²) >= 11 is 0. The molecule has 3 rings (SSSR count). The highest BCUT2D eigenvalue weighted by atomic mass is 16.5. The first-order valence-electron chi connectivity index (χ1n) is 11.3. The number of piperazine rings is 1. The summed E-state index contributed by atoms with van der Waals surface area (Å²) in [6.45, 7) is 11.5. The number of ether oxygens (including phenoxy) is 2. The fraction of sp³-hybridized carbons (Fsp3) is 0.583. The van der Waals surface area contributed by atoms with Gasteiger partial charge < -0.3 is 19.3 Å². The Bertz CT molecular complexity index is 796. The Hall–Kier alpha value is -2.38. The van der Waals surface area contributed by atoms with Crippen LogP contribution in [0.4, 0.5) is 0 Å². The van der Waals surface area contributed by atoms with E-state index in [2.05, 4.69) is 30.7 Å². The molecular formula is C24H35N3O4. The number of amides is 2. The van der Waals surface area contributed by atoms with Gasteiger partial charge in [-0.25, -0.2) is 0 Å². The van der Waals surface area contributed by atoms with Gasteiger partial charge >= 0.3 is 0 Å². The second kappa shape index (κ2) is 10.8. The number of hydrogen-bond acceptors (Lipinski definition) is 6. The molecule has 1 fully saturated rings. The largest absolute Gasteiger partial charge is 0.493 e. The van der Waals surface area contributed by atoms with Gasteiger partial charge in [-0.15, -0.1) is 0 Å². The molecule has 2 aliphatic heterocycles. The molecule has 0 bridgehead atoms. The number of carbonyl (C=O) groups is 2. The highest BCUT2D eigenvalue weighted by Crippen LogP contribution is 2.33. The summed E-state index contributed by atoms with van der Waals surface area (Å²) in [5.74, 6) is 0.794. The zero-order valence-corrected chi connectivity index (χ0v) is 19.2. The van der Waals surface area contributed by atoms with Gasteiger partial charge in [0.05, 0.1) is 12.2 Å². The average molecular weight is 430 g/mol. The van der Waals surface area contributed by atoms with Gasteiger partial charge in [0.15, 0.2) is 0 Å². The molecule has 0 spiro atoms. The van der Waals surface area contributed by atoms with Gasteiger partial charge in [-0.2, -0.15) is 0 Å². The van der Waals surface area contributed by atoms with Crippen molar-refractivity contribution in [2.24, 2.45) is 5.92 Å². The van der Waals surface area contributed by atoms with Crippen molar-refractivity contribution in [2.45, 2.75) is 27.2 Å². The Labute approximate surface area is 185 Å². The van der Waals surface area contributed by atoms with Gasteiger partial charge in [0, 0.05) is 45.9 Å². The quantitative estimate of drug-likeness (QED) is 0.421. The van der Waals surface area contributed by atoms with Crippen LogP contribution in [0.5, 0.6) is 5.75 Å². The molecule has 1 aromatic rings. The number of imide groups is 1. The predicted molar refractivity (Wildman–Crippen MR) is 121 cm³/mol. The molecule has 0 aromatic heterocycles. The summed E-state index contributed by atoms with van der Waals surface area (Å²) in [5, 5.41) is 0. The van der Waals surface area contributed by atoms with Crippen molar-refractivity contribution in [3.8, 4) is 5.75 Å². The average Bonchev–Trinajstić information content (AvgIpc) is 3.00. The first-order valence-corrected chi connectivity index (χ1v) is 11.3. The van der Waals surface area contributed by atoms with Crippen molar-refractivity contribution in [1.29, 1.82) is 0 Å². The third kappa shape index (κ3) is 5.66. The van der Waals surface area contributed by atoms with Gasteiger partial charge in [-0.1, -0.05) is 26.0 Å². The Morgan fingerprint density at radius 1 is 1.00 bits per heavy atom. The number of likely N-dealkylation sites (N-methyl/N-ethyl adjacent to an activating group) is 1. The lowest BCUT2D eigenvalue weighted by molar-refractivity contribution is -0.137. The van der Waals surface area contributed by atoms with Crippen molar-refractivity contribution >= 4 is 17.4 Å². The summed E-state index contributed by atoms with van der Waals surface area (Å²) in [4.78, 5) is 32.3. The highest BCUT2D eigenvalue weighted by molar-refractivity contribution is 6.35. The standard InChI is InChI=1S/C24H35N3O4/c1-5-30-16-6-11-27-23(28)21(19-7-9-20(10-8-19)31-17-18(2)3)22(24(27)29)26-14-12-25(4)13-15-26/h7-10,18H,5-6,11-17H2,1-4H3. The van der Waals surface area contributed by atoms with E-state index in [0.29, 0.717) is 50.0 Å². The van der Waals surface area contributed by atoms with Crippen molar-refractivity contribution in [2.75, 3.05) is 59.6 Å². The number of carbonyl (C=O) groups excluding carboxylic acids is 2. The lowest BCUT2D eigenvalue weighted by Gasteiger charge is -2.34. The third-order valence-electron chi connectivity index (χ3n) is 5.56. The van der Waals surface area contributed by atoms with Crippen LogP contribution in [0.15, 0.2) is 30.0 Å². The minimum absolute atomic E-state index is 0.193. The number of rotatable bonds is 10. The van der Waals surface area contributed by atoms with Crippen LogP contribution in [0.2, 0.25) is 0 Å². The number of hydrogen-bond donors (Lipinski definition) is 0. The normalized spacial score (nSPS) is 18.0. The molecule has 31 heavy (non-hydrogen) atoms. The van der Waals surface area contributed by atoms with Crippen LogP contribution in [-0.2, 0) is 14.3 Å². The van der Waals surface area contributed by atoms with Gasteiger partial charge in [0.25, 0.3) is 11.8 Å². The lowest BCUT2D eigenvalue weighted by atomic mass is 10.0. The summed E-state index contributed by atoms with van der Waals surface area (Å²) < 4.78 is 11.2. The summed E-state index contributed by atoms with van der Waals surface area (Å²) in [7, 11) is 2.07. The van der Waals surface area contributed by atoms with Gasteiger partial charge in [-0.3, -0.25) is 14.5 Å². The minimum Gasteiger partial charge on any atom is -0.493 e. The first kappa shape index (κ1) is 23.3. The molecule has 0 aliphatic carbocycles. The maximum Gasteiger partial charge on any atom is 0.277 e. The van der Waals surface area contributed by atoms with E-state index in [1.807, 2.05) is 31.2 Å². The van der Waals surface area contributed by atoms with Crippen LogP contribution in [0.1, 0.15) is 32.8 Å². The van der Waals surface area contributed by atoms with Gasteiger partial charge in [0.2, 0.25) is 0 Å². The zero-order chi connectivity index (χ0) is 22.4. The molecule has 2 heterocycles. The molecule has 2 aliphatic rings. The van der Waals surface area contributed by atoms with E-state index in [4.69, 9.17) is 9.47 Å². The van der Waals surface area contributed by atoms with Crippen molar-refractivity contribution < 1.29 is 19.1 Å². The SMILES string of the molecule is CCOCCCN1C(=O)C(c2ccc(OCC(C)C)cc2)=C(N2CCN(C)CC2)C1=O. The van der Waals surface area contributed by atoms with Crippen LogP contribution in [-0.4, -0.2) is 86.1 Å². The van der Waals surface area contributed by atoms with Gasteiger partial charge in [-0.05, 0) is 44.0 Å². The van der Waals surface area contributed by atoms with Crippen LogP contribution in [0.3, 0.4) is 0 Å². The van der Waals surface area contributed by atoms with E-state index in [0.717, 1.165) is 37.5 Å². The Morgan fingerprint density at radius 3 is 2.29 bits per heavy atom. The molecule has 170 valence electrons. The summed E-state index contributed by atoms with van der Waals surface area (Å²) in [6, 6.07) is 7.52. The van der Waals surface area contributed by atoms with E-state index in [1.165, 1.54) is 4.90 Å². The molecular weight excluding hydrogens is 394 g/mol. The predicted octanol–water partition coefficient (Wildman–Crippen LogP) is 2.48. The van der Waals surface area contributed by atoms with E-state index in [1.54, 1.807) is 0 Å². The minimum atomic E-state index is -0.216. The monoisotopic (exact) mass is 429 g/mol. The molecule has 0 radical (unpaired) electrons. The molecule has 0 saturated carbocycles. The maximum atomic E-state index is 13.3. The molecule has 7 heteroatoms. The highest BCUT2D eigenvalue weighted by Gasteiger charge is 2.41.